The molecule has 0 aromatic carbocycles. The van der Waals surface area contributed by atoms with Gasteiger partial charge in [-0.05, 0) is 43.4 Å². The van der Waals surface area contributed by atoms with Crippen molar-refractivity contribution in [2.24, 2.45) is 5.92 Å². The molecule has 132 valence electrons. The Balaban J connectivity index is 1.26. The van der Waals surface area contributed by atoms with Crippen LogP contribution in [0.4, 0.5) is 5.95 Å². The van der Waals surface area contributed by atoms with E-state index in [0.717, 1.165) is 56.9 Å². The standard InChI is InChI=1S/C19H25N5O/c1-15-10-22-18(23-11-15)21-8-5-16-6-9-25-19(16)13-24(14-19)12-17-4-2-3-7-20-17/h2-4,7,10-11,16H,5-6,8-9,12-14H2,1H3,(H,21,22,23)/t16-/m0/s1. The second-order valence-corrected chi connectivity index (χ2v) is 7.16. The lowest BCUT2D eigenvalue weighted by Crippen LogP contribution is -2.64. The van der Waals surface area contributed by atoms with Gasteiger partial charge in [0.25, 0.3) is 0 Å². The minimum Gasteiger partial charge on any atom is -0.372 e. The molecule has 2 aliphatic heterocycles. The zero-order valence-corrected chi connectivity index (χ0v) is 14.7. The number of nitrogens with zero attached hydrogens (tertiary/aromatic N) is 4. The summed E-state index contributed by atoms with van der Waals surface area (Å²) < 4.78 is 6.15. The van der Waals surface area contributed by atoms with Crippen LogP contribution in [0, 0.1) is 12.8 Å². The maximum atomic E-state index is 6.15. The molecule has 2 aliphatic rings. The van der Waals surface area contributed by atoms with Gasteiger partial charge in [-0.25, -0.2) is 9.97 Å². The van der Waals surface area contributed by atoms with Crippen molar-refractivity contribution in [3.05, 3.63) is 48.0 Å². The molecule has 6 heteroatoms. The van der Waals surface area contributed by atoms with Crippen LogP contribution in [0.15, 0.2) is 36.8 Å². The highest BCUT2D eigenvalue weighted by Gasteiger charge is 2.52. The highest BCUT2D eigenvalue weighted by atomic mass is 16.5. The molecule has 0 aliphatic carbocycles. The quantitative estimate of drug-likeness (QED) is 0.871. The minimum absolute atomic E-state index is 0.0462. The Morgan fingerprint density at radius 2 is 2.08 bits per heavy atom. The van der Waals surface area contributed by atoms with Gasteiger partial charge in [-0.15, -0.1) is 0 Å². The van der Waals surface area contributed by atoms with Gasteiger partial charge in [0.15, 0.2) is 0 Å². The third kappa shape index (κ3) is 3.65. The molecular weight excluding hydrogens is 314 g/mol. The predicted octanol–water partition coefficient (Wildman–Crippen LogP) is 2.27. The Morgan fingerprint density at radius 3 is 2.84 bits per heavy atom. The van der Waals surface area contributed by atoms with E-state index < -0.39 is 0 Å². The SMILES string of the molecule is Cc1cnc(NCC[C@H]2CCOC23CN(Cc2ccccn2)C3)nc1. The minimum atomic E-state index is 0.0462. The number of anilines is 1. The van der Waals surface area contributed by atoms with Gasteiger partial charge in [-0.1, -0.05) is 6.07 Å². The van der Waals surface area contributed by atoms with Gasteiger partial charge in [-0.3, -0.25) is 9.88 Å². The van der Waals surface area contributed by atoms with Crippen molar-refractivity contribution < 1.29 is 4.74 Å². The van der Waals surface area contributed by atoms with Gasteiger partial charge in [0.2, 0.25) is 5.95 Å². The van der Waals surface area contributed by atoms with Crippen LogP contribution in [0.5, 0.6) is 0 Å². The van der Waals surface area contributed by atoms with E-state index in [1.54, 1.807) is 0 Å². The summed E-state index contributed by atoms with van der Waals surface area (Å²) in [6, 6.07) is 6.09. The zero-order chi connectivity index (χ0) is 17.1. The number of nitrogens with one attached hydrogen (secondary N) is 1. The number of ether oxygens (including phenoxy) is 1. The van der Waals surface area contributed by atoms with Crippen LogP contribution < -0.4 is 5.32 Å². The molecule has 0 saturated carbocycles. The second-order valence-electron chi connectivity index (χ2n) is 7.16. The molecule has 0 bridgehead atoms. The van der Waals surface area contributed by atoms with Crippen molar-refractivity contribution in [3.63, 3.8) is 0 Å². The van der Waals surface area contributed by atoms with Crippen LogP contribution in [0.2, 0.25) is 0 Å². The first kappa shape index (κ1) is 16.4. The van der Waals surface area contributed by atoms with E-state index in [-0.39, 0.29) is 5.60 Å². The number of aryl methyl sites for hydroxylation is 1. The molecule has 4 rings (SSSR count). The van der Waals surface area contributed by atoms with Gasteiger partial charge in [0, 0.05) is 51.4 Å². The fourth-order valence-electron chi connectivity index (χ4n) is 3.93. The maximum Gasteiger partial charge on any atom is 0.222 e. The number of rotatable bonds is 6. The zero-order valence-electron chi connectivity index (χ0n) is 14.7. The molecule has 2 aromatic heterocycles. The molecular formula is C19H25N5O. The van der Waals surface area contributed by atoms with Crippen LogP contribution in [0.3, 0.4) is 0 Å². The Bertz CT molecular complexity index is 685. The lowest BCUT2D eigenvalue weighted by Gasteiger charge is -2.50. The monoisotopic (exact) mass is 339 g/mol. The molecule has 1 N–H and O–H groups in total. The van der Waals surface area contributed by atoms with E-state index in [1.807, 2.05) is 37.6 Å². The van der Waals surface area contributed by atoms with Crippen molar-refractivity contribution in [2.75, 3.05) is 31.6 Å². The van der Waals surface area contributed by atoms with Gasteiger partial charge >= 0.3 is 0 Å². The van der Waals surface area contributed by atoms with Crippen molar-refractivity contribution >= 4 is 5.95 Å². The summed E-state index contributed by atoms with van der Waals surface area (Å²) in [7, 11) is 0. The Kier molecular flexibility index (Phi) is 4.63. The Labute approximate surface area is 148 Å². The smallest absolute Gasteiger partial charge is 0.222 e. The number of hydrogen-bond donors (Lipinski definition) is 1. The Morgan fingerprint density at radius 1 is 1.24 bits per heavy atom. The predicted molar refractivity (Wildman–Crippen MR) is 96.2 cm³/mol. The second kappa shape index (κ2) is 7.06. The van der Waals surface area contributed by atoms with Gasteiger partial charge in [0.1, 0.15) is 0 Å². The number of aromatic nitrogens is 3. The first-order valence-corrected chi connectivity index (χ1v) is 9.02. The lowest BCUT2D eigenvalue weighted by atomic mass is 9.79. The van der Waals surface area contributed by atoms with Crippen LogP contribution in [-0.2, 0) is 11.3 Å². The lowest BCUT2D eigenvalue weighted by molar-refractivity contribution is -0.136. The molecule has 0 radical (unpaired) electrons. The highest BCUT2D eigenvalue weighted by molar-refractivity contribution is 5.24. The van der Waals surface area contributed by atoms with E-state index in [0.29, 0.717) is 11.9 Å². The third-order valence-electron chi connectivity index (χ3n) is 5.25. The molecule has 0 unspecified atom stereocenters. The molecule has 25 heavy (non-hydrogen) atoms. The van der Waals surface area contributed by atoms with Crippen molar-refractivity contribution in [1.82, 2.24) is 19.9 Å². The number of likely N-dealkylation sites (tertiary alicyclic amines) is 1. The molecule has 1 spiro atoms. The fourth-order valence-corrected chi connectivity index (χ4v) is 3.93. The van der Waals surface area contributed by atoms with Crippen LogP contribution in [0.25, 0.3) is 0 Å². The summed E-state index contributed by atoms with van der Waals surface area (Å²) in [5.74, 6) is 1.31. The van der Waals surface area contributed by atoms with Crippen molar-refractivity contribution in [2.45, 2.75) is 31.9 Å². The van der Waals surface area contributed by atoms with Crippen molar-refractivity contribution in [3.8, 4) is 0 Å². The molecule has 2 fully saturated rings. The first-order valence-electron chi connectivity index (χ1n) is 9.02. The highest BCUT2D eigenvalue weighted by Crippen LogP contribution is 2.42. The summed E-state index contributed by atoms with van der Waals surface area (Å²) in [6.45, 7) is 6.69. The normalized spacial score (nSPS) is 22.0. The number of hydrogen-bond acceptors (Lipinski definition) is 6. The fraction of sp³-hybridized carbons (Fsp3) is 0.526. The Hall–Kier alpha value is -2.05. The average molecular weight is 339 g/mol. The van der Waals surface area contributed by atoms with E-state index in [4.69, 9.17) is 4.74 Å². The van der Waals surface area contributed by atoms with Crippen molar-refractivity contribution in [1.29, 1.82) is 0 Å². The topological polar surface area (TPSA) is 63.2 Å². The van der Waals surface area contributed by atoms with E-state index >= 15 is 0 Å². The molecule has 6 nitrogen and oxygen atoms in total. The number of pyridine rings is 1. The molecule has 2 aromatic rings. The third-order valence-corrected chi connectivity index (χ3v) is 5.25. The van der Waals surface area contributed by atoms with E-state index in [2.05, 4.69) is 31.2 Å². The van der Waals surface area contributed by atoms with E-state index in [1.165, 1.54) is 0 Å². The summed E-state index contributed by atoms with van der Waals surface area (Å²) in [5.41, 5.74) is 2.26. The maximum absolute atomic E-state index is 6.15. The van der Waals surface area contributed by atoms with E-state index in [9.17, 15) is 0 Å². The first-order chi connectivity index (χ1) is 12.2. The molecule has 2 saturated heterocycles. The largest absolute Gasteiger partial charge is 0.372 e. The summed E-state index contributed by atoms with van der Waals surface area (Å²) in [4.78, 5) is 15.5. The van der Waals surface area contributed by atoms with Crippen LogP contribution in [0.1, 0.15) is 24.1 Å². The average Bonchev–Trinajstić information content (AvgIpc) is 3.01. The molecule has 4 heterocycles. The van der Waals surface area contributed by atoms with Gasteiger partial charge < -0.3 is 10.1 Å². The molecule has 1 atom stereocenters. The van der Waals surface area contributed by atoms with Crippen LogP contribution in [-0.4, -0.2) is 51.7 Å². The summed E-state index contributed by atoms with van der Waals surface area (Å²) >= 11 is 0. The van der Waals surface area contributed by atoms with Crippen LogP contribution >= 0.6 is 0 Å². The van der Waals surface area contributed by atoms with Gasteiger partial charge in [-0.2, -0.15) is 0 Å². The van der Waals surface area contributed by atoms with Gasteiger partial charge in [0.05, 0.1) is 11.3 Å². The summed E-state index contributed by atoms with van der Waals surface area (Å²) in [5, 5.41) is 3.33. The molecule has 0 amide bonds. The summed E-state index contributed by atoms with van der Waals surface area (Å²) in [6.07, 6.45) is 7.79.